The molecular weight excluding hydrogens is 234 g/mol. The van der Waals surface area contributed by atoms with Crippen molar-refractivity contribution >= 4 is 17.3 Å². The molecule has 7 nitrogen and oxygen atoms in total. The topological polar surface area (TPSA) is 97.3 Å². The van der Waals surface area contributed by atoms with Crippen LogP contribution in [0.4, 0.5) is 17.3 Å². The van der Waals surface area contributed by atoms with Gasteiger partial charge in [0.05, 0.1) is 4.92 Å². The number of rotatable bonds is 2. The first-order valence-corrected chi connectivity index (χ1v) is 5.90. The Labute approximate surface area is 105 Å². The first kappa shape index (κ1) is 12.6. The lowest BCUT2D eigenvalue weighted by molar-refractivity contribution is -0.384. The van der Waals surface area contributed by atoms with E-state index >= 15 is 0 Å². The number of nitrogens with two attached hydrogens (primary N) is 1. The maximum absolute atomic E-state index is 10.7. The van der Waals surface area contributed by atoms with Gasteiger partial charge in [0.15, 0.2) is 0 Å². The van der Waals surface area contributed by atoms with Gasteiger partial charge in [-0.05, 0) is 19.9 Å². The molecule has 1 saturated heterocycles. The fraction of sp³-hybridized carbons (Fsp3) is 0.545. The second-order valence-electron chi connectivity index (χ2n) is 4.64. The van der Waals surface area contributed by atoms with Gasteiger partial charge in [-0.3, -0.25) is 10.1 Å². The van der Waals surface area contributed by atoms with E-state index in [-0.39, 0.29) is 17.5 Å². The number of piperazine rings is 1. The smallest absolute Gasteiger partial charge is 0.311 e. The van der Waals surface area contributed by atoms with Gasteiger partial charge < -0.3 is 16.0 Å². The fourth-order valence-electron chi connectivity index (χ4n) is 2.11. The monoisotopic (exact) mass is 251 g/mol. The van der Waals surface area contributed by atoms with Gasteiger partial charge in [-0.15, -0.1) is 0 Å². The van der Waals surface area contributed by atoms with E-state index in [1.54, 1.807) is 6.07 Å². The van der Waals surface area contributed by atoms with E-state index < -0.39 is 4.92 Å². The van der Waals surface area contributed by atoms with Gasteiger partial charge in [-0.2, -0.15) is 0 Å². The molecule has 1 aromatic heterocycles. The van der Waals surface area contributed by atoms with Crippen LogP contribution in [0, 0.1) is 10.1 Å². The standard InChI is InChI=1S/C11H17N5O2/c1-7-6-15(8(2)5-13-7)10-4-3-9(16(17)18)11(12)14-10/h3-4,7-8,13H,5-6H2,1-2H3,(H2,12,14). The summed E-state index contributed by atoms with van der Waals surface area (Å²) < 4.78 is 0. The predicted octanol–water partition coefficient (Wildman–Crippen LogP) is 0.759. The lowest BCUT2D eigenvalue weighted by Gasteiger charge is -2.38. The Morgan fingerprint density at radius 2 is 2.28 bits per heavy atom. The number of nitro groups is 1. The van der Waals surface area contributed by atoms with Crippen molar-refractivity contribution in [1.82, 2.24) is 10.3 Å². The normalized spacial score (nSPS) is 24.0. The highest BCUT2D eigenvalue weighted by Crippen LogP contribution is 2.25. The van der Waals surface area contributed by atoms with Crippen molar-refractivity contribution in [3.05, 3.63) is 22.2 Å². The van der Waals surface area contributed by atoms with Crippen molar-refractivity contribution < 1.29 is 4.92 Å². The number of hydrogen-bond donors (Lipinski definition) is 2. The highest BCUT2D eigenvalue weighted by atomic mass is 16.6. The van der Waals surface area contributed by atoms with Crippen molar-refractivity contribution in [2.24, 2.45) is 0 Å². The fourth-order valence-corrected chi connectivity index (χ4v) is 2.11. The van der Waals surface area contributed by atoms with E-state index in [1.165, 1.54) is 6.07 Å². The molecule has 1 aliphatic heterocycles. The Morgan fingerprint density at radius 1 is 1.56 bits per heavy atom. The van der Waals surface area contributed by atoms with E-state index in [0.717, 1.165) is 13.1 Å². The average Bonchev–Trinajstić information content (AvgIpc) is 2.31. The van der Waals surface area contributed by atoms with E-state index in [2.05, 4.69) is 29.0 Å². The summed E-state index contributed by atoms with van der Waals surface area (Å²) >= 11 is 0. The molecule has 0 radical (unpaired) electrons. The molecule has 1 aliphatic rings. The molecule has 2 unspecified atom stereocenters. The van der Waals surface area contributed by atoms with Crippen LogP contribution >= 0.6 is 0 Å². The number of nitrogen functional groups attached to an aromatic ring is 1. The summed E-state index contributed by atoms with van der Waals surface area (Å²) in [7, 11) is 0. The zero-order chi connectivity index (χ0) is 13.3. The number of nitrogens with zero attached hydrogens (tertiary/aromatic N) is 3. The highest BCUT2D eigenvalue weighted by molar-refractivity contribution is 5.58. The lowest BCUT2D eigenvalue weighted by Crippen LogP contribution is -2.54. The van der Waals surface area contributed by atoms with Crippen LogP contribution in [-0.2, 0) is 0 Å². The summed E-state index contributed by atoms with van der Waals surface area (Å²) in [4.78, 5) is 16.4. The molecule has 0 amide bonds. The summed E-state index contributed by atoms with van der Waals surface area (Å²) in [5.74, 6) is 0.662. The second-order valence-corrected chi connectivity index (χ2v) is 4.64. The third-order valence-electron chi connectivity index (χ3n) is 3.14. The van der Waals surface area contributed by atoms with E-state index in [1.807, 2.05) is 0 Å². The van der Waals surface area contributed by atoms with Crippen molar-refractivity contribution in [2.45, 2.75) is 25.9 Å². The van der Waals surface area contributed by atoms with E-state index in [9.17, 15) is 10.1 Å². The molecule has 2 heterocycles. The summed E-state index contributed by atoms with van der Waals surface area (Å²) in [6, 6.07) is 3.72. The molecule has 2 rings (SSSR count). The second kappa shape index (κ2) is 4.77. The number of anilines is 2. The van der Waals surface area contributed by atoms with Crippen molar-refractivity contribution in [1.29, 1.82) is 0 Å². The zero-order valence-electron chi connectivity index (χ0n) is 10.5. The van der Waals surface area contributed by atoms with Gasteiger partial charge >= 0.3 is 5.69 Å². The molecule has 0 bridgehead atoms. The van der Waals surface area contributed by atoms with Gasteiger partial charge in [-0.1, -0.05) is 0 Å². The molecule has 2 atom stereocenters. The summed E-state index contributed by atoms with van der Waals surface area (Å²) in [5.41, 5.74) is 5.47. The first-order valence-electron chi connectivity index (χ1n) is 5.90. The van der Waals surface area contributed by atoms with E-state index in [4.69, 9.17) is 5.73 Å². The molecule has 0 spiro atoms. The van der Waals surface area contributed by atoms with Crippen LogP contribution in [0.5, 0.6) is 0 Å². The SMILES string of the molecule is CC1CN(c2ccc([N+](=O)[O-])c(N)n2)C(C)CN1. The van der Waals surface area contributed by atoms with Gasteiger partial charge in [0.1, 0.15) is 5.82 Å². The van der Waals surface area contributed by atoms with Crippen LogP contribution in [0.25, 0.3) is 0 Å². The molecule has 1 fully saturated rings. The largest absolute Gasteiger partial charge is 0.378 e. The van der Waals surface area contributed by atoms with Crippen molar-refractivity contribution in [3.8, 4) is 0 Å². The van der Waals surface area contributed by atoms with Gasteiger partial charge in [0.2, 0.25) is 5.82 Å². The number of aromatic nitrogens is 1. The number of nitrogens with one attached hydrogen (secondary N) is 1. The molecule has 0 aromatic carbocycles. The Hall–Kier alpha value is -1.89. The van der Waals surface area contributed by atoms with Gasteiger partial charge in [-0.25, -0.2) is 4.98 Å². The number of hydrogen-bond acceptors (Lipinski definition) is 6. The van der Waals surface area contributed by atoms with Crippen LogP contribution in [0.1, 0.15) is 13.8 Å². The Morgan fingerprint density at radius 3 is 2.89 bits per heavy atom. The first-order chi connectivity index (χ1) is 8.49. The third kappa shape index (κ3) is 2.35. The van der Waals surface area contributed by atoms with Crippen molar-refractivity contribution in [3.63, 3.8) is 0 Å². The Kier molecular flexibility index (Phi) is 3.33. The predicted molar refractivity (Wildman–Crippen MR) is 69.6 cm³/mol. The highest BCUT2D eigenvalue weighted by Gasteiger charge is 2.24. The minimum atomic E-state index is -0.518. The summed E-state index contributed by atoms with van der Waals surface area (Å²) in [5, 5.41) is 14.1. The molecule has 0 aliphatic carbocycles. The molecular formula is C11H17N5O2. The molecule has 18 heavy (non-hydrogen) atoms. The van der Waals surface area contributed by atoms with Crippen LogP contribution in [0.2, 0.25) is 0 Å². The zero-order valence-corrected chi connectivity index (χ0v) is 10.5. The quantitative estimate of drug-likeness (QED) is 0.595. The lowest BCUT2D eigenvalue weighted by atomic mass is 10.1. The van der Waals surface area contributed by atoms with Crippen LogP contribution in [0.15, 0.2) is 12.1 Å². The maximum atomic E-state index is 10.7. The molecule has 3 N–H and O–H groups in total. The minimum absolute atomic E-state index is 0.0316. The molecule has 98 valence electrons. The molecule has 0 saturated carbocycles. The third-order valence-corrected chi connectivity index (χ3v) is 3.14. The Bertz CT molecular complexity index is 465. The molecule has 7 heteroatoms. The average molecular weight is 251 g/mol. The van der Waals surface area contributed by atoms with Crippen LogP contribution in [0.3, 0.4) is 0 Å². The number of pyridine rings is 1. The van der Waals surface area contributed by atoms with Gasteiger partial charge in [0, 0.05) is 31.2 Å². The summed E-state index contributed by atoms with van der Waals surface area (Å²) in [6.07, 6.45) is 0. The maximum Gasteiger partial charge on any atom is 0.311 e. The van der Waals surface area contributed by atoms with Crippen LogP contribution in [-0.4, -0.2) is 35.1 Å². The van der Waals surface area contributed by atoms with Crippen LogP contribution < -0.4 is 16.0 Å². The molecule has 1 aromatic rings. The summed E-state index contributed by atoms with van der Waals surface area (Å²) in [6.45, 7) is 5.84. The van der Waals surface area contributed by atoms with Crippen molar-refractivity contribution in [2.75, 3.05) is 23.7 Å². The minimum Gasteiger partial charge on any atom is -0.378 e. The van der Waals surface area contributed by atoms with Gasteiger partial charge in [0.25, 0.3) is 0 Å². The van der Waals surface area contributed by atoms with E-state index in [0.29, 0.717) is 11.9 Å². The Balaban J connectivity index is 2.28.